The standard InChI is InChI=1S/C24H31FN2O3/c1-6-11-26-24(29)19(5)27(14-20-9-7-8-10-21(20)25)23(28)15-30-22-13-16(2)12-17(3)18(22)4/h7-10,12-13,19H,6,11,14-15H2,1-5H3,(H,26,29)/t19-/m1/s1. The SMILES string of the molecule is CCCNC(=O)[C@@H](C)N(Cc1ccccc1F)C(=O)COc1cc(C)cc(C)c1C. The average molecular weight is 415 g/mol. The van der Waals surface area contributed by atoms with Crippen molar-refractivity contribution in [3.8, 4) is 5.75 Å². The fourth-order valence-electron chi connectivity index (χ4n) is 3.16. The lowest BCUT2D eigenvalue weighted by molar-refractivity contribution is -0.142. The van der Waals surface area contributed by atoms with Gasteiger partial charge in [0.1, 0.15) is 17.6 Å². The van der Waals surface area contributed by atoms with Crippen molar-refractivity contribution in [1.29, 1.82) is 0 Å². The number of nitrogens with one attached hydrogen (secondary N) is 1. The van der Waals surface area contributed by atoms with Gasteiger partial charge in [0.2, 0.25) is 5.91 Å². The number of carbonyl (C=O) groups is 2. The van der Waals surface area contributed by atoms with Crippen molar-refractivity contribution in [2.45, 2.75) is 53.6 Å². The summed E-state index contributed by atoms with van der Waals surface area (Å²) in [4.78, 5) is 26.9. The van der Waals surface area contributed by atoms with Crippen LogP contribution in [-0.2, 0) is 16.1 Å². The summed E-state index contributed by atoms with van der Waals surface area (Å²) in [6, 6.07) is 9.43. The lowest BCUT2D eigenvalue weighted by Gasteiger charge is -2.29. The molecule has 0 unspecified atom stereocenters. The quantitative estimate of drug-likeness (QED) is 0.673. The van der Waals surface area contributed by atoms with Crippen LogP contribution in [0.25, 0.3) is 0 Å². The summed E-state index contributed by atoms with van der Waals surface area (Å²) >= 11 is 0. The van der Waals surface area contributed by atoms with E-state index in [0.717, 1.165) is 23.1 Å². The van der Waals surface area contributed by atoms with E-state index in [1.54, 1.807) is 25.1 Å². The second kappa shape index (κ2) is 10.8. The van der Waals surface area contributed by atoms with E-state index in [1.807, 2.05) is 33.8 Å². The van der Waals surface area contributed by atoms with Gasteiger partial charge in [-0.15, -0.1) is 0 Å². The van der Waals surface area contributed by atoms with E-state index in [2.05, 4.69) is 11.4 Å². The highest BCUT2D eigenvalue weighted by Gasteiger charge is 2.27. The highest BCUT2D eigenvalue weighted by molar-refractivity contribution is 5.88. The van der Waals surface area contributed by atoms with Crippen LogP contribution in [0.4, 0.5) is 4.39 Å². The Bertz CT molecular complexity index is 898. The Hall–Kier alpha value is -2.89. The van der Waals surface area contributed by atoms with Gasteiger partial charge in [0.15, 0.2) is 6.61 Å². The van der Waals surface area contributed by atoms with Gasteiger partial charge in [-0.1, -0.05) is 31.2 Å². The van der Waals surface area contributed by atoms with Crippen LogP contribution in [0.3, 0.4) is 0 Å². The maximum absolute atomic E-state index is 14.2. The third-order valence-electron chi connectivity index (χ3n) is 5.13. The molecule has 2 aromatic carbocycles. The van der Waals surface area contributed by atoms with Crippen molar-refractivity contribution in [2.75, 3.05) is 13.2 Å². The van der Waals surface area contributed by atoms with Crippen molar-refractivity contribution < 1.29 is 18.7 Å². The molecule has 0 aliphatic heterocycles. The maximum atomic E-state index is 14.2. The van der Waals surface area contributed by atoms with E-state index in [4.69, 9.17) is 4.74 Å². The van der Waals surface area contributed by atoms with Crippen LogP contribution in [0.5, 0.6) is 5.75 Å². The predicted molar refractivity (Wildman–Crippen MR) is 116 cm³/mol. The number of halogens is 1. The summed E-state index contributed by atoms with van der Waals surface area (Å²) in [5.74, 6) is -0.433. The Morgan fingerprint density at radius 1 is 1.17 bits per heavy atom. The first-order valence-electron chi connectivity index (χ1n) is 10.3. The lowest BCUT2D eigenvalue weighted by atomic mass is 10.1. The number of hydrogen-bond acceptors (Lipinski definition) is 3. The fourth-order valence-corrected chi connectivity index (χ4v) is 3.16. The van der Waals surface area contributed by atoms with Crippen LogP contribution in [0, 0.1) is 26.6 Å². The smallest absolute Gasteiger partial charge is 0.261 e. The molecule has 2 amide bonds. The van der Waals surface area contributed by atoms with Crippen molar-refractivity contribution in [2.24, 2.45) is 0 Å². The zero-order valence-electron chi connectivity index (χ0n) is 18.4. The monoisotopic (exact) mass is 414 g/mol. The summed E-state index contributed by atoms with van der Waals surface area (Å²) in [5, 5.41) is 2.80. The molecular formula is C24H31FN2O3. The van der Waals surface area contributed by atoms with Gasteiger partial charge in [-0.3, -0.25) is 9.59 Å². The van der Waals surface area contributed by atoms with Gasteiger partial charge in [0.25, 0.3) is 5.91 Å². The third kappa shape index (κ3) is 6.05. The molecule has 0 saturated carbocycles. The number of hydrogen-bond donors (Lipinski definition) is 1. The van der Waals surface area contributed by atoms with Crippen molar-refractivity contribution in [1.82, 2.24) is 10.2 Å². The van der Waals surface area contributed by atoms with E-state index < -0.39 is 11.9 Å². The van der Waals surface area contributed by atoms with Gasteiger partial charge in [-0.25, -0.2) is 4.39 Å². The van der Waals surface area contributed by atoms with Gasteiger partial charge in [-0.05, 0) is 62.9 Å². The molecule has 0 fully saturated rings. The minimum atomic E-state index is -0.757. The van der Waals surface area contributed by atoms with E-state index in [9.17, 15) is 14.0 Å². The van der Waals surface area contributed by atoms with E-state index in [0.29, 0.717) is 17.9 Å². The normalized spacial score (nSPS) is 11.7. The molecule has 2 rings (SSSR count). The van der Waals surface area contributed by atoms with Crippen LogP contribution < -0.4 is 10.1 Å². The Labute approximate surface area is 178 Å². The van der Waals surface area contributed by atoms with Gasteiger partial charge in [-0.2, -0.15) is 0 Å². The number of nitrogens with zero attached hydrogens (tertiary/aromatic N) is 1. The Morgan fingerprint density at radius 2 is 1.87 bits per heavy atom. The summed E-state index contributed by atoms with van der Waals surface area (Å²) in [6.07, 6.45) is 0.787. The Morgan fingerprint density at radius 3 is 2.53 bits per heavy atom. The highest BCUT2D eigenvalue weighted by atomic mass is 19.1. The first-order valence-corrected chi connectivity index (χ1v) is 10.3. The lowest BCUT2D eigenvalue weighted by Crippen LogP contribution is -2.49. The van der Waals surface area contributed by atoms with Crippen molar-refractivity contribution >= 4 is 11.8 Å². The molecule has 1 atom stereocenters. The van der Waals surface area contributed by atoms with Crippen LogP contribution in [-0.4, -0.2) is 35.9 Å². The zero-order chi connectivity index (χ0) is 22.3. The molecule has 0 aliphatic carbocycles. The second-order valence-electron chi connectivity index (χ2n) is 7.57. The Balaban J connectivity index is 2.21. The molecule has 0 spiro atoms. The molecule has 1 N–H and O–H groups in total. The number of carbonyl (C=O) groups excluding carboxylic acids is 2. The molecule has 0 aromatic heterocycles. The zero-order valence-corrected chi connectivity index (χ0v) is 18.4. The molecule has 0 aliphatic rings. The molecule has 6 heteroatoms. The summed E-state index contributed by atoms with van der Waals surface area (Å²) < 4.78 is 20.0. The van der Waals surface area contributed by atoms with Crippen molar-refractivity contribution in [3.63, 3.8) is 0 Å². The Kier molecular flexibility index (Phi) is 8.39. The molecular weight excluding hydrogens is 383 g/mol. The van der Waals surface area contributed by atoms with E-state index in [-0.39, 0.29) is 25.0 Å². The second-order valence-corrected chi connectivity index (χ2v) is 7.57. The van der Waals surface area contributed by atoms with E-state index in [1.165, 1.54) is 11.0 Å². The number of benzene rings is 2. The number of ether oxygens (including phenoxy) is 1. The molecule has 2 aromatic rings. The van der Waals surface area contributed by atoms with Crippen LogP contribution >= 0.6 is 0 Å². The van der Waals surface area contributed by atoms with Gasteiger partial charge in [0.05, 0.1) is 0 Å². The molecule has 0 heterocycles. The summed E-state index contributed by atoms with van der Waals surface area (Å²) in [5.41, 5.74) is 3.43. The van der Waals surface area contributed by atoms with Gasteiger partial charge in [0, 0.05) is 18.7 Å². The first-order chi connectivity index (χ1) is 14.2. The topological polar surface area (TPSA) is 58.6 Å². The third-order valence-corrected chi connectivity index (χ3v) is 5.13. The van der Waals surface area contributed by atoms with Crippen LogP contribution in [0.15, 0.2) is 36.4 Å². The van der Waals surface area contributed by atoms with Crippen LogP contribution in [0.2, 0.25) is 0 Å². The number of rotatable bonds is 9. The van der Waals surface area contributed by atoms with Gasteiger partial charge < -0.3 is 15.0 Å². The van der Waals surface area contributed by atoms with Crippen molar-refractivity contribution in [3.05, 3.63) is 64.5 Å². The highest BCUT2D eigenvalue weighted by Crippen LogP contribution is 2.23. The number of amides is 2. The minimum absolute atomic E-state index is 0.0125. The minimum Gasteiger partial charge on any atom is -0.483 e. The van der Waals surface area contributed by atoms with Crippen LogP contribution in [0.1, 0.15) is 42.5 Å². The molecule has 0 bridgehead atoms. The maximum Gasteiger partial charge on any atom is 0.261 e. The van der Waals surface area contributed by atoms with Gasteiger partial charge >= 0.3 is 0 Å². The largest absolute Gasteiger partial charge is 0.483 e. The molecule has 162 valence electrons. The summed E-state index contributed by atoms with van der Waals surface area (Å²) in [6.45, 7) is 9.76. The van der Waals surface area contributed by atoms with E-state index >= 15 is 0 Å². The molecule has 5 nitrogen and oxygen atoms in total. The predicted octanol–water partition coefficient (Wildman–Crippen LogP) is 4.07. The molecule has 30 heavy (non-hydrogen) atoms. The first kappa shape index (κ1) is 23.4. The fraction of sp³-hybridized carbons (Fsp3) is 0.417. The molecule has 0 saturated heterocycles. The number of aryl methyl sites for hydroxylation is 2. The summed E-state index contributed by atoms with van der Waals surface area (Å²) in [7, 11) is 0. The molecule has 0 radical (unpaired) electrons. The average Bonchev–Trinajstić information content (AvgIpc) is 2.72.